The summed E-state index contributed by atoms with van der Waals surface area (Å²) in [6, 6.07) is 9.49. The Kier molecular flexibility index (Phi) is 5.91. The fourth-order valence-electron chi connectivity index (χ4n) is 1.65. The zero-order chi connectivity index (χ0) is 13.4. The molecule has 0 unspecified atom stereocenters. The number of anilines is 1. The third-order valence-electron chi connectivity index (χ3n) is 2.69. The van der Waals surface area contributed by atoms with E-state index in [2.05, 4.69) is 5.32 Å². The van der Waals surface area contributed by atoms with Gasteiger partial charge in [-0.1, -0.05) is 18.2 Å². The van der Waals surface area contributed by atoms with Gasteiger partial charge in [-0.3, -0.25) is 9.59 Å². The summed E-state index contributed by atoms with van der Waals surface area (Å²) in [5.74, 6) is 0.0400. The Balaban J connectivity index is 2.35. The molecule has 1 N–H and O–H groups in total. The van der Waals surface area contributed by atoms with Gasteiger partial charge in [-0.2, -0.15) is 0 Å². The van der Waals surface area contributed by atoms with Crippen LogP contribution in [-0.2, 0) is 9.59 Å². The van der Waals surface area contributed by atoms with E-state index < -0.39 is 0 Å². The molecule has 0 aliphatic carbocycles. The number of carbonyl (C=O) groups is 2. The summed E-state index contributed by atoms with van der Waals surface area (Å²) in [6.07, 6.45) is 1.38. The Bertz CT molecular complexity index is 390. The first-order chi connectivity index (χ1) is 8.65. The van der Waals surface area contributed by atoms with Gasteiger partial charge < -0.3 is 10.2 Å². The summed E-state index contributed by atoms with van der Waals surface area (Å²) in [7, 11) is 1.75. The number of benzene rings is 1. The van der Waals surface area contributed by atoms with E-state index in [0.717, 1.165) is 5.69 Å². The van der Waals surface area contributed by atoms with Gasteiger partial charge in [-0.05, 0) is 25.5 Å². The van der Waals surface area contributed by atoms with Crippen LogP contribution in [0.3, 0.4) is 0 Å². The number of rotatable bonds is 6. The molecule has 0 heterocycles. The Morgan fingerprint density at radius 3 is 2.44 bits per heavy atom. The summed E-state index contributed by atoms with van der Waals surface area (Å²) in [5, 5.41) is 2.72. The number of amides is 2. The fourth-order valence-corrected chi connectivity index (χ4v) is 1.65. The maximum atomic E-state index is 11.9. The van der Waals surface area contributed by atoms with E-state index in [4.69, 9.17) is 0 Å². The molecule has 4 nitrogen and oxygen atoms in total. The van der Waals surface area contributed by atoms with Gasteiger partial charge in [0.25, 0.3) is 0 Å². The highest BCUT2D eigenvalue weighted by Gasteiger charge is 2.10. The molecule has 0 radical (unpaired) electrons. The van der Waals surface area contributed by atoms with Crippen LogP contribution in [0.1, 0.15) is 26.2 Å². The zero-order valence-electron chi connectivity index (χ0n) is 11.0. The van der Waals surface area contributed by atoms with Crippen molar-refractivity contribution in [2.45, 2.75) is 26.2 Å². The molecular weight excluding hydrogens is 228 g/mol. The molecule has 0 bridgehead atoms. The van der Waals surface area contributed by atoms with Gasteiger partial charge >= 0.3 is 0 Å². The molecule has 98 valence electrons. The van der Waals surface area contributed by atoms with E-state index in [0.29, 0.717) is 25.8 Å². The summed E-state index contributed by atoms with van der Waals surface area (Å²) in [6.45, 7) is 2.52. The lowest BCUT2D eigenvalue weighted by molar-refractivity contribution is -0.121. The van der Waals surface area contributed by atoms with Gasteiger partial charge in [0.2, 0.25) is 11.8 Å². The maximum Gasteiger partial charge on any atom is 0.226 e. The molecule has 0 fully saturated rings. The lowest BCUT2D eigenvalue weighted by Gasteiger charge is -2.17. The molecule has 0 aromatic heterocycles. The third kappa shape index (κ3) is 4.57. The largest absolute Gasteiger partial charge is 0.356 e. The highest BCUT2D eigenvalue weighted by molar-refractivity contribution is 5.92. The van der Waals surface area contributed by atoms with Crippen LogP contribution in [0, 0.1) is 0 Å². The molecule has 1 aromatic carbocycles. The standard InChI is InChI=1S/C14H20N2O2/c1-3-15-13(17)10-7-11-14(18)16(2)12-8-5-4-6-9-12/h4-6,8-9H,3,7,10-11H2,1-2H3,(H,15,17). The summed E-state index contributed by atoms with van der Waals surface area (Å²) in [5.41, 5.74) is 0.875. The van der Waals surface area contributed by atoms with Crippen molar-refractivity contribution >= 4 is 17.5 Å². The van der Waals surface area contributed by atoms with Crippen molar-refractivity contribution in [2.24, 2.45) is 0 Å². The Morgan fingerprint density at radius 1 is 1.17 bits per heavy atom. The Labute approximate surface area is 108 Å². The first kappa shape index (κ1) is 14.2. The molecule has 0 spiro atoms. The molecule has 18 heavy (non-hydrogen) atoms. The first-order valence-corrected chi connectivity index (χ1v) is 6.23. The second kappa shape index (κ2) is 7.48. The zero-order valence-corrected chi connectivity index (χ0v) is 11.0. The van der Waals surface area contributed by atoms with Gasteiger partial charge in [-0.25, -0.2) is 0 Å². The van der Waals surface area contributed by atoms with Crippen LogP contribution in [0.25, 0.3) is 0 Å². The van der Waals surface area contributed by atoms with E-state index in [1.807, 2.05) is 37.3 Å². The highest BCUT2D eigenvalue weighted by atomic mass is 16.2. The maximum absolute atomic E-state index is 11.9. The molecule has 0 saturated heterocycles. The monoisotopic (exact) mass is 248 g/mol. The summed E-state index contributed by atoms with van der Waals surface area (Å²) >= 11 is 0. The predicted octanol–water partition coefficient (Wildman–Crippen LogP) is 1.96. The van der Waals surface area contributed by atoms with Crippen molar-refractivity contribution < 1.29 is 9.59 Å². The third-order valence-corrected chi connectivity index (χ3v) is 2.69. The minimum atomic E-state index is 0.00710. The van der Waals surface area contributed by atoms with Crippen molar-refractivity contribution in [3.63, 3.8) is 0 Å². The second-order valence-corrected chi connectivity index (χ2v) is 4.10. The number of hydrogen-bond donors (Lipinski definition) is 1. The van der Waals surface area contributed by atoms with E-state index in [9.17, 15) is 9.59 Å². The first-order valence-electron chi connectivity index (χ1n) is 6.23. The molecule has 1 rings (SSSR count). The number of para-hydroxylation sites is 1. The van der Waals surface area contributed by atoms with Crippen LogP contribution in [0.4, 0.5) is 5.69 Å². The van der Waals surface area contributed by atoms with Gasteiger partial charge in [0.15, 0.2) is 0 Å². The van der Waals surface area contributed by atoms with Crippen molar-refractivity contribution in [3.05, 3.63) is 30.3 Å². The average molecular weight is 248 g/mol. The van der Waals surface area contributed by atoms with E-state index in [-0.39, 0.29) is 11.8 Å². The SMILES string of the molecule is CCNC(=O)CCCC(=O)N(C)c1ccccc1. The predicted molar refractivity (Wildman–Crippen MR) is 72.4 cm³/mol. The molecule has 0 saturated carbocycles. The topological polar surface area (TPSA) is 49.4 Å². The molecule has 1 aromatic rings. The van der Waals surface area contributed by atoms with Crippen molar-refractivity contribution in [2.75, 3.05) is 18.5 Å². The number of nitrogens with one attached hydrogen (secondary N) is 1. The van der Waals surface area contributed by atoms with Crippen LogP contribution < -0.4 is 10.2 Å². The molecule has 4 heteroatoms. The number of nitrogens with zero attached hydrogens (tertiary/aromatic N) is 1. The molecular formula is C14H20N2O2. The van der Waals surface area contributed by atoms with Crippen LogP contribution in [0.5, 0.6) is 0 Å². The van der Waals surface area contributed by atoms with Gasteiger partial charge in [-0.15, -0.1) is 0 Å². The lowest BCUT2D eigenvalue weighted by atomic mass is 10.2. The number of hydrogen-bond acceptors (Lipinski definition) is 2. The summed E-state index contributed by atoms with van der Waals surface area (Å²) < 4.78 is 0. The highest BCUT2D eigenvalue weighted by Crippen LogP contribution is 2.13. The Morgan fingerprint density at radius 2 is 1.83 bits per heavy atom. The van der Waals surface area contributed by atoms with Crippen molar-refractivity contribution in [1.82, 2.24) is 5.32 Å². The molecule has 0 aliphatic heterocycles. The van der Waals surface area contributed by atoms with Crippen LogP contribution in [0.2, 0.25) is 0 Å². The van der Waals surface area contributed by atoms with Crippen molar-refractivity contribution in [3.8, 4) is 0 Å². The van der Waals surface area contributed by atoms with E-state index in [1.165, 1.54) is 0 Å². The minimum Gasteiger partial charge on any atom is -0.356 e. The van der Waals surface area contributed by atoms with Crippen LogP contribution in [0.15, 0.2) is 30.3 Å². The van der Waals surface area contributed by atoms with Gasteiger partial charge in [0.05, 0.1) is 0 Å². The molecule has 0 aliphatic rings. The van der Waals surface area contributed by atoms with Crippen LogP contribution >= 0.6 is 0 Å². The van der Waals surface area contributed by atoms with Crippen molar-refractivity contribution in [1.29, 1.82) is 0 Å². The minimum absolute atomic E-state index is 0.00710. The van der Waals surface area contributed by atoms with E-state index >= 15 is 0 Å². The van der Waals surface area contributed by atoms with Gasteiger partial charge in [0.1, 0.15) is 0 Å². The van der Waals surface area contributed by atoms with Crippen LogP contribution in [-0.4, -0.2) is 25.4 Å². The number of carbonyl (C=O) groups excluding carboxylic acids is 2. The molecule has 2 amide bonds. The Hall–Kier alpha value is -1.84. The summed E-state index contributed by atoms with van der Waals surface area (Å²) in [4.78, 5) is 24.7. The quantitative estimate of drug-likeness (QED) is 0.836. The van der Waals surface area contributed by atoms with Gasteiger partial charge in [0, 0.05) is 32.1 Å². The van der Waals surface area contributed by atoms with E-state index in [1.54, 1.807) is 11.9 Å². The smallest absolute Gasteiger partial charge is 0.226 e. The molecule has 0 atom stereocenters. The average Bonchev–Trinajstić information content (AvgIpc) is 2.39. The normalized spacial score (nSPS) is 9.89. The second-order valence-electron chi connectivity index (χ2n) is 4.10. The fraction of sp³-hybridized carbons (Fsp3) is 0.429. The lowest BCUT2D eigenvalue weighted by Crippen LogP contribution is -2.27.